The van der Waals surface area contributed by atoms with Crippen LogP contribution in [0.3, 0.4) is 0 Å². The lowest BCUT2D eigenvalue weighted by atomic mass is 10.3. The lowest BCUT2D eigenvalue weighted by Crippen LogP contribution is -2.28. The third-order valence-electron chi connectivity index (χ3n) is 2.16. The number of hydrogen-bond donors (Lipinski definition) is 1. The average Bonchev–Trinajstić information content (AvgIpc) is 2.75. The van der Waals surface area contributed by atoms with Gasteiger partial charge in [0.05, 0.1) is 0 Å². The molecule has 1 aromatic rings. The molecule has 0 aliphatic heterocycles. The second-order valence-corrected chi connectivity index (χ2v) is 3.81. The summed E-state index contributed by atoms with van der Waals surface area (Å²) in [6.07, 6.45) is 1.11. The van der Waals surface area contributed by atoms with Crippen molar-refractivity contribution in [3.8, 4) is 0 Å². The molecule has 1 aliphatic rings. The van der Waals surface area contributed by atoms with Crippen LogP contribution < -0.4 is 0 Å². The van der Waals surface area contributed by atoms with E-state index in [9.17, 15) is 4.79 Å². The van der Waals surface area contributed by atoms with E-state index in [1.165, 1.54) is 10.7 Å². The maximum absolute atomic E-state index is 10.9. The fourth-order valence-corrected chi connectivity index (χ4v) is 1.80. The Hall–Kier alpha value is -0.740. The van der Waals surface area contributed by atoms with Crippen molar-refractivity contribution >= 4 is 29.2 Å². The Morgan fingerprint density at radius 3 is 2.54 bits per heavy atom. The van der Waals surface area contributed by atoms with E-state index in [0.29, 0.717) is 12.8 Å². The molecule has 70 valence electrons. The van der Waals surface area contributed by atoms with E-state index >= 15 is 0 Å². The van der Waals surface area contributed by atoms with Crippen LogP contribution in [0.2, 0.25) is 10.3 Å². The monoisotopic (exact) mass is 220 g/mol. The van der Waals surface area contributed by atoms with Gasteiger partial charge in [-0.3, -0.25) is 0 Å². The third-order valence-corrected chi connectivity index (χ3v) is 2.62. The van der Waals surface area contributed by atoms with Crippen molar-refractivity contribution in [1.82, 2.24) is 9.78 Å². The van der Waals surface area contributed by atoms with Crippen LogP contribution in [-0.2, 0) is 10.3 Å². The zero-order valence-electron chi connectivity index (χ0n) is 6.50. The molecule has 6 heteroatoms. The smallest absolute Gasteiger partial charge is 0.331 e. The quantitative estimate of drug-likeness (QED) is 0.827. The van der Waals surface area contributed by atoms with Gasteiger partial charge in [-0.25, -0.2) is 9.48 Å². The largest absolute Gasteiger partial charge is 0.479 e. The minimum Gasteiger partial charge on any atom is -0.479 e. The number of carbonyl (C=O) groups is 1. The zero-order chi connectivity index (χ0) is 9.64. The first kappa shape index (κ1) is 8.84. The Kier molecular flexibility index (Phi) is 1.78. The van der Waals surface area contributed by atoms with Gasteiger partial charge in [0, 0.05) is 6.07 Å². The molecule has 0 atom stereocenters. The number of rotatable bonds is 2. The minimum absolute atomic E-state index is 0.220. The summed E-state index contributed by atoms with van der Waals surface area (Å²) < 4.78 is 1.28. The van der Waals surface area contributed by atoms with Crippen LogP contribution in [-0.4, -0.2) is 20.9 Å². The fourth-order valence-electron chi connectivity index (χ4n) is 1.27. The van der Waals surface area contributed by atoms with E-state index < -0.39 is 11.5 Å². The molecule has 0 radical (unpaired) electrons. The first-order chi connectivity index (χ1) is 6.06. The van der Waals surface area contributed by atoms with Crippen LogP contribution in [0.4, 0.5) is 0 Å². The highest BCUT2D eigenvalue weighted by Gasteiger charge is 2.54. The first-order valence-corrected chi connectivity index (χ1v) is 4.47. The van der Waals surface area contributed by atoms with Crippen molar-refractivity contribution < 1.29 is 9.90 Å². The molecule has 2 rings (SSSR count). The van der Waals surface area contributed by atoms with Crippen LogP contribution in [0.5, 0.6) is 0 Å². The van der Waals surface area contributed by atoms with Crippen molar-refractivity contribution in [3.05, 3.63) is 16.4 Å². The number of carboxylic acids is 1. The van der Waals surface area contributed by atoms with Gasteiger partial charge in [-0.15, -0.1) is 0 Å². The molecule has 0 bridgehead atoms. The molecule has 0 amide bonds. The van der Waals surface area contributed by atoms with E-state index in [2.05, 4.69) is 5.10 Å². The Morgan fingerprint density at radius 1 is 1.62 bits per heavy atom. The summed E-state index contributed by atoms with van der Waals surface area (Å²) in [5, 5.41) is 13.3. The fraction of sp³-hybridized carbons (Fsp3) is 0.429. The molecule has 0 unspecified atom stereocenters. The summed E-state index contributed by atoms with van der Waals surface area (Å²) in [6, 6.07) is 1.44. The van der Waals surface area contributed by atoms with Gasteiger partial charge in [-0.1, -0.05) is 23.2 Å². The first-order valence-electron chi connectivity index (χ1n) is 3.71. The van der Waals surface area contributed by atoms with Gasteiger partial charge in [0.15, 0.2) is 10.7 Å². The molecular weight excluding hydrogens is 215 g/mol. The maximum atomic E-state index is 10.9. The summed E-state index contributed by atoms with van der Waals surface area (Å²) in [5.41, 5.74) is -0.940. The molecule has 4 nitrogen and oxygen atoms in total. The van der Waals surface area contributed by atoms with E-state index in [4.69, 9.17) is 28.3 Å². The van der Waals surface area contributed by atoms with E-state index in [0.717, 1.165) is 0 Å². The number of carboxylic acid groups (broad SMARTS) is 1. The van der Waals surface area contributed by atoms with Gasteiger partial charge in [-0.05, 0) is 12.8 Å². The SMILES string of the molecule is O=C(O)C1(n2nc(Cl)cc2Cl)CC1. The van der Waals surface area contributed by atoms with Gasteiger partial charge in [0.25, 0.3) is 0 Å². The molecule has 1 fully saturated rings. The molecule has 13 heavy (non-hydrogen) atoms. The normalized spacial score (nSPS) is 18.6. The second kappa shape index (κ2) is 2.62. The Labute approximate surface area is 84.1 Å². The van der Waals surface area contributed by atoms with Crippen molar-refractivity contribution in [2.24, 2.45) is 0 Å². The Morgan fingerprint density at radius 2 is 2.23 bits per heavy atom. The van der Waals surface area contributed by atoms with Crippen molar-refractivity contribution in [2.45, 2.75) is 18.4 Å². The summed E-state index contributed by atoms with van der Waals surface area (Å²) in [4.78, 5) is 10.9. The second-order valence-electron chi connectivity index (χ2n) is 3.04. The maximum Gasteiger partial charge on any atom is 0.331 e. The molecule has 1 aromatic heterocycles. The topological polar surface area (TPSA) is 55.1 Å². The van der Waals surface area contributed by atoms with Crippen LogP contribution in [0, 0.1) is 0 Å². The lowest BCUT2D eigenvalue weighted by molar-refractivity contribution is -0.142. The average molecular weight is 221 g/mol. The highest BCUT2D eigenvalue weighted by molar-refractivity contribution is 6.33. The highest BCUT2D eigenvalue weighted by atomic mass is 35.5. The van der Waals surface area contributed by atoms with Crippen molar-refractivity contribution in [3.63, 3.8) is 0 Å². The van der Waals surface area contributed by atoms with Gasteiger partial charge in [-0.2, -0.15) is 5.10 Å². The van der Waals surface area contributed by atoms with E-state index in [1.807, 2.05) is 0 Å². The summed E-state index contributed by atoms with van der Waals surface area (Å²) >= 11 is 11.4. The molecule has 1 saturated carbocycles. The van der Waals surface area contributed by atoms with Gasteiger partial charge < -0.3 is 5.11 Å². The van der Waals surface area contributed by atoms with E-state index in [-0.39, 0.29) is 10.3 Å². The van der Waals surface area contributed by atoms with Gasteiger partial charge in [0.1, 0.15) is 5.15 Å². The predicted molar refractivity (Wildman–Crippen MR) is 47.1 cm³/mol. The number of hydrogen-bond acceptors (Lipinski definition) is 2. The molecular formula is C7H6Cl2N2O2. The Bertz CT molecular complexity index is 371. The number of aromatic nitrogens is 2. The summed E-state index contributed by atoms with van der Waals surface area (Å²) in [6.45, 7) is 0. The van der Waals surface area contributed by atoms with Crippen molar-refractivity contribution in [1.29, 1.82) is 0 Å². The van der Waals surface area contributed by atoms with Crippen LogP contribution in [0.25, 0.3) is 0 Å². The molecule has 0 spiro atoms. The highest BCUT2D eigenvalue weighted by Crippen LogP contribution is 2.45. The molecule has 1 heterocycles. The third kappa shape index (κ3) is 1.21. The van der Waals surface area contributed by atoms with Crippen molar-refractivity contribution in [2.75, 3.05) is 0 Å². The number of nitrogens with zero attached hydrogens (tertiary/aromatic N) is 2. The summed E-state index contributed by atoms with van der Waals surface area (Å²) in [7, 11) is 0. The van der Waals surface area contributed by atoms with Gasteiger partial charge in [0.2, 0.25) is 0 Å². The standard InChI is InChI=1S/C7H6Cl2N2O2/c8-4-3-5(9)11(10-4)7(1-2-7)6(12)13/h3H,1-2H2,(H,12,13). The lowest BCUT2D eigenvalue weighted by Gasteiger charge is -2.10. The summed E-state index contributed by atoms with van der Waals surface area (Å²) in [5.74, 6) is -0.908. The van der Waals surface area contributed by atoms with Crippen LogP contribution >= 0.6 is 23.2 Å². The molecule has 0 aromatic carbocycles. The minimum atomic E-state index is -0.940. The van der Waals surface area contributed by atoms with E-state index in [1.54, 1.807) is 0 Å². The number of aliphatic carboxylic acids is 1. The predicted octanol–water partition coefficient (Wildman–Crippen LogP) is 1.76. The molecule has 0 saturated heterocycles. The molecule has 1 aliphatic carbocycles. The van der Waals surface area contributed by atoms with Crippen LogP contribution in [0.15, 0.2) is 6.07 Å². The van der Waals surface area contributed by atoms with Gasteiger partial charge >= 0.3 is 5.97 Å². The van der Waals surface area contributed by atoms with Crippen LogP contribution in [0.1, 0.15) is 12.8 Å². The zero-order valence-corrected chi connectivity index (χ0v) is 8.01. The Balaban J connectivity index is 2.46. The molecule has 1 N–H and O–H groups in total. The number of halogens is 2.